The van der Waals surface area contributed by atoms with Crippen molar-refractivity contribution in [2.24, 2.45) is 0 Å². The number of fused-ring (bicyclic) bond motifs is 1. The molecule has 1 aromatic carbocycles. The van der Waals surface area contributed by atoms with Crippen molar-refractivity contribution < 1.29 is 4.79 Å². The van der Waals surface area contributed by atoms with Crippen LogP contribution in [0.25, 0.3) is 0 Å². The Balaban J connectivity index is 2.18. The van der Waals surface area contributed by atoms with Gasteiger partial charge in [0.05, 0.1) is 0 Å². The van der Waals surface area contributed by atoms with Gasteiger partial charge in [-0.05, 0) is 30.4 Å². The van der Waals surface area contributed by atoms with Crippen LogP contribution in [0.15, 0.2) is 47.6 Å². The second-order valence-corrected chi connectivity index (χ2v) is 5.64. The van der Waals surface area contributed by atoms with E-state index in [1.807, 2.05) is 18.2 Å². The molecule has 3 rings (SSSR count). The van der Waals surface area contributed by atoms with Gasteiger partial charge in [0.2, 0.25) is 0 Å². The second-order valence-electron chi connectivity index (χ2n) is 4.53. The van der Waals surface area contributed by atoms with Gasteiger partial charge in [-0.15, -0.1) is 0 Å². The van der Waals surface area contributed by atoms with E-state index in [1.54, 1.807) is 0 Å². The second kappa shape index (κ2) is 4.26. The van der Waals surface area contributed by atoms with Crippen LogP contribution in [0.5, 0.6) is 0 Å². The molecule has 0 N–H and O–H groups in total. The molecular weight excluding hydrogens is 276 g/mol. The van der Waals surface area contributed by atoms with E-state index < -0.39 is 0 Å². The number of halogens is 1. The molecular formula is C15H13BrO. The van der Waals surface area contributed by atoms with E-state index >= 15 is 0 Å². The molecule has 0 fully saturated rings. The Morgan fingerprint density at radius 3 is 2.94 bits per heavy atom. The van der Waals surface area contributed by atoms with Crippen molar-refractivity contribution in [2.75, 3.05) is 0 Å². The number of allylic oxidation sites excluding steroid dienone is 4. The van der Waals surface area contributed by atoms with E-state index in [-0.39, 0.29) is 10.6 Å². The highest BCUT2D eigenvalue weighted by atomic mass is 79.9. The van der Waals surface area contributed by atoms with Crippen LogP contribution >= 0.6 is 15.9 Å². The number of carbonyl (C=O) groups excluding carboxylic acids is 1. The molecule has 17 heavy (non-hydrogen) atoms. The Bertz CT molecular complexity index is 540. The Morgan fingerprint density at radius 2 is 2.06 bits per heavy atom. The lowest BCUT2D eigenvalue weighted by Gasteiger charge is -2.15. The van der Waals surface area contributed by atoms with Crippen molar-refractivity contribution in [2.45, 2.75) is 24.1 Å². The van der Waals surface area contributed by atoms with Gasteiger partial charge in [0.1, 0.15) is 0 Å². The maximum absolute atomic E-state index is 12.5. The molecule has 86 valence electrons. The van der Waals surface area contributed by atoms with Crippen LogP contribution in [0.1, 0.15) is 28.8 Å². The molecule has 1 aromatic rings. The number of hydrogen-bond donors (Lipinski definition) is 0. The number of carbonyl (C=O) groups is 1. The predicted octanol–water partition coefficient (Wildman–Crippen LogP) is 3.84. The average molecular weight is 289 g/mol. The van der Waals surface area contributed by atoms with E-state index in [9.17, 15) is 4.79 Å². The van der Waals surface area contributed by atoms with Gasteiger partial charge < -0.3 is 0 Å². The van der Waals surface area contributed by atoms with E-state index in [1.165, 1.54) is 5.57 Å². The quantitative estimate of drug-likeness (QED) is 0.663. The molecule has 0 unspecified atom stereocenters. The van der Waals surface area contributed by atoms with Crippen LogP contribution in [-0.2, 0) is 6.42 Å². The minimum atomic E-state index is 0.224. The van der Waals surface area contributed by atoms with E-state index in [0.29, 0.717) is 0 Å². The minimum absolute atomic E-state index is 0.224. The number of ketones is 1. The van der Waals surface area contributed by atoms with Crippen molar-refractivity contribution in [1.82, 2.24) is 0 Å². The Labute approximate surface area is 109 Å². The van der Waals surface area contributed by atoms with Crippen LogP contribution in [0.3, 0.4) is 0 Å². The molecule has 0 aliphatic heterocycles. The molecule has 0 saturated carbocycles. The molecule has 1 nitrogen and oxygen atoms in total. The number of benzene rings is 1. The molecule has 2 heteroatoms. The number of alkyl halides is 1. The molecule has 2 aliphatic rings. The third kappa shape index (κ3) is 1.81. The zero-order chi connectivity index (χ0) is 11.8. The van der Waals surface area contributed by atoms with E-state index in [2.05, 4.69) is 34.1 Å². The fraction of sp³-hybridized carbons (Fsp3) is 0.267. The largest absolute Gasteiger partial charge is 0.289 e. The first kappa shape index (κ1) is 11.0. The van der Waals surface area contributed by atoms with Gasteiger partial charge in [0, 0.05) is 16.0 Å². The standard InChI is InChI=1S/C15H13BrO/c16-14-9-10-5-1-2-6-11(10)15(17)13-8-4-3-7-12(13)14/h1-3,5-7,14H,4,8-9H2/t14-/m0/s1. The lowest BCUT2D eigenvalue weighted by atomic mass is 9.92. The van der Waals surface area contributed by atoms with Gasteiger partial charge >= 0.3 is 0 Å². The lowest BCUT2D eigenvalue weighted by molar-refractivity contribution is 0.103. The molecule has 0 spiro atoms. The van der Waals surface area contributed by atoms with Crippen LogP contribution in [0, 0.1) is 0 Å². The first-order valence-electron chi connectivity index (χ1n) is 5.93. The predicted molar refractivity (Wildman–Crippen MR) is 72.6 cm³/mol. The summed E-state index contributed by atoms with van der Waals surface area (Å²) < 4.78 is 0. The van der Waals surface area contributed by atoms with Gasteiger partial charge in [-0.3, -0.25) is 4.79 Å². The zero-order valence-corrected chi connectivity index (χ0v) is 11.0. The van der Waals surface area contributed by atoms with Crippen LogP contribution in [-0.4, -0.2) is 10.6 Å². The fourth-order valence-corrected chi connectivity index (χ4v) is 3.38. The Morgan fingerprint density at radius 1 is 1.24 bits per heavy atom. The van der Waals surface area contributed by atoms with Crippen molar-refractivity contribution in [3.63, 3.8) is 0 Å². The molecule has 0 saturated heterocycles. The van der Waals surface area contributed by atoms with Gasteiger partial charge in [-0.2, -0.15) is 0 Å². The number of Topliss-reactive ketones (excluding diaryl/α,β-unsaturated/α-hetero) is 1. The smallest absolute Gasteiger partial charge is 0.189 e. The first-order valence-corrected chi connectivity index (χ1v) is 6.85. The maximum atomic E-state index is 12.5. The summed E-state index contributed by atoms with van der Waals surface area (Å²) in [6.45, 7) is 0. The van der Waals surface area contributed by atoms with Gasteiger partial charge in [-0.1, -0.05) is 52.3 Å². The summed E-state index contributed by atoms with van der Waals surface area (Å²) in [6, 6.07) is 7.96. The van der Waals surface area contributed by atoms with Crippen molar-refractivity contribution in [1.29, 1.82) is 0 Å². The van der Waals surface area contributed by atoms with Crippen LogP contribution in [0.4, 0.5) is 0 Å². The number of hydrogen-bond acceptors (Lipinski definition) is 1. The summed E-state index contributed by atoms with van der Waals surface area (Å²) in [5.74, 6) is 0.224. The summed E-state index contributed by atoms with van der Waals surface area (Å²) in [5.41, 5.74) is 4.22. The van der Waals surface area contributed by atoms with Crippen molar-refractivity contribution in [3.8, 4) is 0 Å². The highest BCUT2D eigenvalue weighted by molar-refractivity contribution is 9.09. The maximum Gasteiger partial charge on any atom is 0.189 e. The Hall–Kier alpha value is -1.15. The van der Waals surface area contributed by atoms with Crippen molar-refractivity contribution in [3.05, 3.63) is 58.7 Å². The summed E-state index contributed by atoms with van der Waals surface area (Å²) >= 11 is 3.72. The fourth-order valence-electron chi connectivity index (χ4n) is 2.61. The summed E-state index contributed by atoms with van der Waals surface area (Å²) in [5, 5.41) is 0. The summed E-state index contributed by atoms with van der Waals surface area (Å²) in [7, 11) is 0. The first-order chi connectivity index (χ1) is 8.27. The van der Waals surface area contributed by atoms with Crippen LogP contribution < -0.4 is 0 Å². The summed E-state index contributed by atoms with van der Waals surface area (Å²) in [6.07, 6.45) is 7.02. The summed E-state index contributed by atoms with van der Waals surface area (Å²) in [4.78, 5) is 12.8. The monoisotopic (exact) mass is 288 g/mol. The van der Waals surface area contributed by atoms with E-state index in [0.717, 1.165) is 36.0 Å². The molecule has 1 atom stereocenters. The molecule has 0 heterocycles. The van der Waals surface area contributed by atoms with Gasteiger partial charge in [0.25, 0.3) is 0 Å². The van der Waals surface area contributed by atoms with Crippen LogP contribution in [0.2, 0.25) is 0 Å². The Kier molecular flexibility index (Phi) is 2.75. The zero-order valence-electron chi connectivity index (χ0n) is 9.45. The minimum Gasteiger partial charge on any atom is -0.289 e. The van der Waals surface area contributed by atoms with E-state index in [4.69, 9.17) is 0 Å². The molecule has 0 bridgehead atoms. The molecule has 0 radical (unpaired) electrons. The van der Waals surface area contributed by atoms with Gasteiger partial charge in [-0.25, -0.2) is 0 Å². The third-order valence-electron chi connectivity index (χ3n) is 3.48. The lowest BCUT2D eigenvalue weighted by Crippen LogP contribution is -2.10. The highest BCUT2D eigenvalue weighted by Gasteiger charge is 2.27. The number of rotatable bonds is 0. The highest BCUT2D eigenvalue weighted by Crippen LogP contribution is 2.34. The SMILES string of the molecule is O=C1C2=C(C=CCC2)[C@@H](Br)Cc2ccccc21. The topological polar surface area (TPSA) is 17.1 Å². The van der Waals surface area contributed by atoms with Crippen molar-refractivity contribution >= 4 is 21.7 Å². The molecule has 2 aliphatic carbocycles. The molecule has 0 amide bonds. The normalized spacial score (nSPS) is 23.1. The average Bonchev–Trinajstić information content (AvgIpc) is 2.48. The van der Waals surface area contributed by atoms with Gasteiger partial charge in [0.15, 0.2) is 5.78 Å². The molecule has 0 aromatic heterocycles. The third-order valence-corrected chi connectivity index (χ3v) is 4.30.